The molecule has 0 aliphatic heterocycles. The van der Waals surface area contributed by atoms with Gasteiger partial charge in [-0.15, -0.1) is 0 Å². The molecule has 19 heavy (non-hydrogen) atoms. The number of fused-ring (bicyclic) bond motifs is 3. The van der Waals surface area contributed by atoms with E-state index in [2.05, 4.69) is 54.8 Å². The highest BCUT2D eigenvalue weighted by atomic mass is 16.5. The van der Waals surface area contributed by atoms with Crippen LogP contribution >= 0.6 is 0 Å². The fourth-order valence-corrected chi connectivity index (χ4v) is 2.54. The van der Waals surface area contributed by atoms with Gasteiger partial charge in [0.15, 0.2) is 0 Å². The van der Waals surface area contributed by atoms with Crippen LogP contribution in [0, 0.1) is 6.92 Å². The van der Waals surface area contributed by atoms with Gasteiger partial charge in [0.1, 0.15) is 0 Å². The van der Waals surface area contributed by atoms with Gasteiger partial charge in [-0.3, -0.25) is 0 Å². The average molecular weight is 254 g/mol. The Labute approximate surface area is 112 Å². The number of aryl methyl sites for hydroxylation is 1. The lowest BCUT2D eigenvalue weighted by molar-refractivity contribution is 0.0744. The van der Waals surface area contributed by atoms with Gasteiger partial charge in [0.25, 0.3) is 0 Å². The zero-order valence-corrected chi connectivity index (χ0v) is 11.6. The number of ether oxygens (including phenoxy) is 1. The highest BCUT2D eigenvalue weighted by Gasteiger charge is 2.14. The van der Waals surface area contributed by atoms with Crippen LogP contribution in [0.3, 0.4) is 0 Å². The van der Waals surface area contributed by atoms with Crippen molar-refractivity contribution < 1.29 is 4.74 Å². The fraction of sp³-hybridized carbons (Fsp3) is 0.312. The molecule has 3 nitrogen and oxygen atoms in total. The standard InChI is InChI=1S/C16H18N2O/c1-4-19-12(3)16-15-6-5-9-18(15)14-8-7-11(2)10-13(14)17-16/h5-10,12H,4H2,1-3H3. The molecule has 3 heteroatoms. The average Bonchev–Trinajstić information content (AvgIpc) is 2.86. The third-order valence-electron chi connectivity index (χ3n) is 3.44. The van der Waals surface area contributed by atoms with Crippen LogP contribution in [0.2, 0.25) is 0 Å². The SMILES string of the molecule is CCOC(C)c1nc2cc(C)ccc2n2cccc12. The minimum Gasteiger partial charge on any atom is -0.372 e. The van der Waals surface area contributed by atoms with Gasteiger partial charge in [0, 0.05) is 12.8 Å². The van der Waals surface area contributed by atoms with Gasteiger partial charge in [-0.1, -0.05) is 6.07 Å². The lowest BCUT2D eigenvalue weighted by Gasteiger charge is -2.14. The predicted molar refractivity (Wildman–Crippen MR) is 77.5 cm³/mol. The molecular weight excluding hydrogens is 236 g/mol. The summed E-state index contributed by atoms with van der Waals surface area (Å²) in [6.07, 6.45) is 2.09. The molecule has 0 amide bonds. The number of hydrogen-bond donors (Lipinski definition) is 0. The van der Waals surface area contributed by atoms with Crippen LogP contribution in [0.25, 0.3) is 16.6 Å². The van der Waals surface area contributed by atoms with Gasteiger partial charge in [-0.05, 0) is 50.6 Å². The lowest BCUT2D eigenvalue weighted by Crippen LogP contribution is -2.05. The first-order chi connectivity index (χ1) is 9.20. The third-order valence-corrected chi connectivity index (χ3v) is 3.44. The zero-order chi connectivity index (χ0) is 13.4. The first-order valence-corrected chi connectivity index (χ1v) is 6.69. The second-order valence-corrected chi connectivity index (χ2v) is 4.85. The first-order valence-electron chi connectivity index (χ1n) is 6.69. The topological polar surface area (TPSA) is 26.5 Å². The molecule has 2 aromatic heterocycles. The van der Waals surface area contributed by atoms with E-state index in [0.29, 0.717) is 6.61 Å². The summed E-state index contributed by atoms with van der Waals surface area (Å²) in [7, 11) is 0. The molecule has 0 saturated heterocycles. The molecule has 2 heterocycles. The fourth-order valence-electron chi connectivity index (χ4n) is 2.54. The van der Waals surface area contributed by atoms with Crippen LogP contribution in [-0.4, -0.2) is 16.0 Å². The van der Waals surface area contributed by atoms with E-state index in [1.807, 2.05) is 6.92 Å². The van der Waals surface area contributed by atoms with E-state index in [9.17, 15) is 0 Å². The van der Waals surface area contributed by atoms with E-state index >= 15 is 0 Å². The smallest absolute Gasteiger partial charge is 0.0987 e. The Kier molecular flexibility index (Phi) is 2.99. The molecule has 3 aromatic rings. The van der Waals surface area contributed by atoms with Gasteiger partial charge < -0.3 is 9.14 Å². The molecule has 0 aliphatic carbocycles. The van der Waals surface area contributed by atoms with Crippen molar-refractivity contribution in [2.24, 2.45) is 0 Å². The molecule has 1 aromatic carbocycles. The molecule has 0 aliphatic rings. The van der Waals surface area contributed by atoms with Crippen molar-refractivity contribution in [1.82, 2.24) is 9.38 Å². The van der Waals surface area contributed by atoms with E-state index in [4.69, 9.17) is 9.72 Å². The minimum atomic E-state index is 0.00677. The Morgan fingerprint density at radius 3 is 2.89 bits per heavy atom. The summed E-state index contributed by atoms with van der Waals surface area (Å²) in [6.45, 7) is 6.85. The summed E-state index contributed by atoms with van der Waals surface area (Å²) in [5.41, 5.74) is 5.51. The summed E-state index contributed by atoms with van der Waals surface area (Å²) in [5, 5.41) is 0. The maximum absolute atomic E-state index is 5.71. The Bertz CT molecular complexity index is 730. The van der Waals surface area contributed by atoms with Crippen LogP contribution in [0.1, 0.15) is 31.2 Å². The number of hydrogen-bond acceptors (Lipinski definition) is 2. The van der Waals surface area contributed by atoms with Crippen molar-refractivity contribution in [3.05, 3.63) is 47.8 Å². The Balaban J connectivity index is 2.32. The second-order valence-electron chi connectivity index (χ2n) is 4.85. The minimum absolute atomic E-state index is 0.00677. The summed E-state index contributed by atoms with van der Waals surface area (Å²) in [6, 6.07) is 10.5. The first kappa shape index (κ1) is 12.2. The van der Waals surface area contributed by atoms with Gasteiger partial charge >= 0.3 is 0 Å². The maximum atomic E-state index is 5.71. The Morgan fingerprint density at radius 1 is 1.26 bits per heavy atom. The zero-order valence-electron chi connectivity index (χ0n) is 11.6. The van der Waals surface area contributed by atoms with Crippen LogP contribution < -0.4 is 0 Å². The van der Waals surface area contributed by atoms with Gasteiger partial charge in [-0.2, -0.15) is 0 Å². The quantitative estimate of drug-likeness (QED) is 0.708. The normalized spacial score (nSPS) is 13.2. The van der Waals surface area contributed by atoms with E-state index in [1.54, 1.807) is 0 Å². The third kappa shape index (κ3) is 2.00. The summed E-state index contributed by atoms with van der Waals surface area (Å²) >= 11 is 0. The summed E-state index contributed by atoms with van der Waals surface area (Å²) in [4.78, 5) is 4.81. The van der Waals surface area contributed by atoms with E-state index < -0.39 is 0 Å². The van der Waals surface area contributed by atoms with E-state index in [-0.39, 0.29) is 6.10 Å². The second kappa shape index (κ2) is 4.67. The van der Waals surface area contributed by atoms with E-state index in [0.717, 1.165) is 22.2 Å². The number of rotatable bonds is 3. The molecule has 1 atom stereocenters. The highest BCUT2D eigenvalue weighted by molar-refractivity contribution is 5.80. The molecule has 0 radical (unpaired) electrons. The number of nitrogens with zero attached hydrogens (tertiary/aromatic N) is 2. The maximum Gasteiger partial charge on any atom is 0.0987 e. The van der Waals surface area contributed by atoms with Gasteiger partial charge in [0.05, 0.1) is 28.3 Å². The monoisotopic (exact) mass is 254 g/mol. The van der Waals surface area contributed by atoms with Crippen LogP contribution in [0.4, 0.5) is 0 Å². The largest absolute Gasteiger partial charge is 0.372 e. The molecule has 0 bridgehead atoms. The number of aromatic nitrogens is 2. The van der Waals surface area contributed by atoms with Crippen molar-refractivity contribution in [3.63, 3.8) is 0 Å². The highest BCUT2D eigenvalue weighted by Crippen LogP contribution is 2.25. The molecule has 0 spiro atoms. The molecule has 1 unspecified atom stereocenters. The predicted octanol–water partition coefficient (Wildman–Crippen LogP) is 3.89. The molecular formula is C16H18N2O. The van der Waals surface area contributed by atoms with Crippen molar-refractivity contribution in [2.45, 2.75) is 26.9 Å². The van der Waals surface area contributed by atoms with E-state index in [1.165, 1.54) is 5.56 Å². The van der Waals surface area contributed by atoms with Crippen molar-refractivity contribution in [1.29, 1.82) is 0 Å². The summed E-state index contributed by atoms with van der Waals surface area (Å²) in [5.74, 6) is 0. The molecule has 0 saturated carbocycles. The lowest BCUT2D eigenvalue weighted by atomic mass is 10.2. The van der Waals surface area contributed by atoms with Crippen LogP contribution in [-0.2, 0) is 4.74 Å². The molecule has 0 N–H and O–H groups in total. The molecule has 3 rings (SSSR count). The molecule has 98 valence electrons. The van der Waals surface area contributed by atoms with Crippen molar-refractivity contribution in [2.75, 3.05) is 6.61 Å². The molecule has 0 fully saturated rings. The van der Waals surface area contributed by atoms with Gasteiger partial charge in [0.2, 0.25) is 0 Å². The van der Waals surface area contributed by atoms with Crippen molar-refractivity contribution in [3.8, 4) is 0 Å². The Hall–Kier alpha value is -1.87. The Morgan fingerprint density at radius 2 is 2.11 bits per heavy atom. The summed E-state index contributed by atoms with van der Waals surface area (Å²) < 4.78 is 7.90. The number of benzene rings is 1. The van der Waals surface area contributed by atoms with Gasteiger partial charge in [-0.25, -0.2) is 4.98 Å². The van der Waals surface area contributed by atoms with Crippen LogP contribution in [0.15, 0.2) is 36.5 Å². The van der Waals surface area contributed by atoms with Crippen molar-refractivity contribution >= 4 is 16.6 Å². The van der Waals surface area contributed by atoms with Crippen LogP contribution in [0.5, 0.6) is 0 Å².